The van der Waals surface area contributed by atoms with E-state index >= 15 is 0 Å². The lowest BCUT2D eigenvalue weighted by atomic mass is 10.2. The predicted octanol–water partition coefficient (Wildman–Crippen LogP) is 0.992. The Morgan fingerprint density at radius 2 is 1.74 bits per heavy atom. The van der Waals surface area contributed by atoms with Gasteiger partial charge in [-0.3, -0.25) is 4.79 Å². The van der Waals surface area contributed by atoms with Crippen LogP contribution in [0.2, 0.25) is 0 Å². The molecule has 0 atom stereocenters. The summed E-state index contributed by atoms with van der Waals surface area (Å²) in [5.41, 5.74) is 0.547. The van der Waals surface area contributed by atoms with E-state index in [2.05, 4.69) is 4.72 Å². The van der Waals surface area contributed by atoms with E-state index in [9.17, 15) is 13.2 Å². The molecule has 0 heterocycles. The fraction of sp³-hybridized carbons (Fsp3) is 0.533. The minimum absolute atomic E-state index is 0.237. The third-order valence-electron chi connectivity index (χ3n) is 3.36. The van der Waals surface area contributed by atoms with E-state index in [1.165, 1.54) is 14.2 Å². The Balaban J connectivity index is 2.73. The molecule has 0 fully saturated rings. The number of sulfonamides is 1. The summed E-state index contributed by atoms with van der Waals surface area (Å²) < 4.78 is 36.8. The van der Waals surface area contributed by atoms with Gasteiger partial charge in [-0.05, 0) is 31.5 Å². The first-order valence-corrected chi connectivity index (χ1v) is 8.98. The van der Waals surface area contributed by atoms with Crippen LogP contribution in [0.4, 0.5) is 0 Å². The monoisotopic (exact) mass is 344 g/mol. The molecule has 23 heavy (non-hydrogen) atoms. The van der Waals surface area contributed by atoms with Crippen molar-refractivity contribution in [3.63, 3.8) is 0 Å². The van der Waals surface area contributed by atoms with Gasteiger partial charge in [0.05, 0.1) is 26.5 Å². The zero-order valence-corrected chi connectivity index (χ0v) is 14.8. The number of likely N-dealkylation sites (N-methyl/N-ethyl adjacent to an activating group) is 1. The Labute approximate surface area is 137 Å². The summed E-state index contributed by atoms with van der Waals surface area (Å²) in [4.78, 5) is 13.4. The van der Waals surface area contributed by atoms with Crippen LogP contribution in [-0.4, -0.2) is 53.1 Å². The van der Waals surface area contributed by atoms with Crippen molar-refractivity contribution >= 4 is 15.9 Å². The van der Waals surface area contributed by atoms with E-state index in [0.717, 1.165) is 0 Å². The quantitative estimate of drug-likeness (QED) is 0.722. The van der Waals surface area contributed by atoms with Crippen molar-refractivity contribution in [2.75, 3.05) is 33.9 Å². The van der Waals surface area contributed by atoms with Gasteiger partial charge in [0, 0.05) is 13.1 Å². The molecule has 0 aliphatic heterocycles. The van der Waals surface area contributed by atoms with Gasteiger partial charge < -0.3 is 14.4 Å². The lowest BCUT2D eigenvalue weighted by molar-refractivity contribution is -0.129. The van der Waals surface area contributed by atoms with Gasteiger partial charge in [0.15, 0.2) is 11.5 Å². The number of ether oxygens (including phenoxy) is 2. The van der Waals surface area contributed by atoms with Crippen LogP contribution in [0.15, 0.2) is 18.2 Å². The highest BCUT2D eigenvalue weighted by molar-refractivity contribution is 7.88. The Morgan fingerprint density at radius 3 is 2.26 bits per heavy atom. The number of benzene rings is 1. The highest BCUT2D eigenvalue weighted by Gasteiger charge is 2.17. The van der Waals surface area contributed by atoms with Crippen LogP contribution in [0.1, 0.15) is 19.4 Å². The summed E-state index contributed by atoms with van der Waals surface area (Å²) in [7, 11) is -0.626. The highest BCUT2D eigenvalue weighted by Crippen LogP contribution is 2.28. The standard InChI is InChI=1S/C15H24N2O5S/c1-5-17(6-2)15(18)10-16-23(19,20)11-12-7-8-13(21-3)14(9-12)22-4/h7-9,16H,5-6,10-11H2,1-4H3. The number of nitrogens with one attached hydrogen (secondary N) is 1. The summed E-state index contributed by atoms with van der Waals surface area (Å²) in [6, 6.07) is 4.89. The van der Waals surface area contributed by atoms with E-state index in [-0.39, 0.29) is 18.2 Å². The molecule has 8 heteroatoms. The molecule has 0 saturated heterocycles. The first-order valence-electron chi connectivity index (χ1n) is 7.32. The van der Waals surface area contributed by atoms with E-state index < -0.39 is 10.0 Å². The van der Waals surface area contributed by atoms with Crippen molar-refractivity contribution in [3.8, 4) is 11.5 Å². The van der Waals surface area contributed by atoms with Gasteiger partial charge in [-0.2, -0.15) is 0 Å². The van der Waals surface area contributed by atoms with Crippen molar-refractivity contribution in [2.24, 2.45) is 0 Å². The number of methoxy groups -OCH3 is 2. The van der Waals surface area contributed by atoms with Crippen molar-refractivity contribution in [1.82, 2.24) is 9.62 Å². The van der Waals surface area contributed by atoms with Crippen LogP contribution in [0, 0.1) is 0 Å². The first-order chi connectivity index (χ1) is 10.9. The Kier molecular flexibility index (Phi) is 7.31. The molecule has 7 nitrogen and oxygen atoms in total. The maximum Gasteiger partial charge on any atom is 0.237 e. The molecule has 1 rings (SSSR count). The van der Waals surface area contributed by atoms with Gasteiger partial charge >= 0.3 is 0 Å². The molecule has 0 aromatic heterocycles. The molecular formula is C15H24N2O5S. The lowest BCUT2D eigenvalue weighted by Crippen LogP contribution is -2.40. The molecule has 1 aromatic carbocycles. The van der Waals surface area contributed by atoms with Gasteiger partial charge in [0.1, 0.15) is 0 Å². The number of carbonyl (C=O) groups is 1. The molecule has 1 amide bonds. The molecule has 1 N–H and O–H groups in total. The second-order valence-electron chi connectivity index (χ2n) is 4.84. The average Bonchev–Trinajstić information content (AvgIpc) is 2.53. The first kappa shape index (κ1) is 19.2. The number of amides is 1. The van der Waals surface area contributed by atoms with E-state index in [4.69, 9.17) is 9.47 Å². The number of hydrogen-bond acceptors (Lipinski definition) is 5. The molecule has 0 bridgehead atoms. The summed E-state index contributed by atoms with van der Waals surface area (Å²) in [5, 5.41) is 0. The van der Waals surface area contributed by atoms with E-state index in [1.54, 1.807) is 23.1 Å². The van der Waals surface area contributed by atoms with E-state index in [1.807, 2.05) is 13.8 Å². The van der Waals surface area contributed by atoms with Crippen LogP contribution in [0.5, 0.6) is 11.5 Å². The summed E-state index contributed by atoms with van der Waals surface area (Å²) in [6.07, 6.45) is 0. The number of nitrogens with zero attached hydrogens (tertiary/aromatic N) is 1. The normalized spacial score (nSPS) is 11.1. The average molecular weight is 344 g/mol. The van der Waals surface area contributed by atoms with Crippen molar-refractivity contribution in [3.05, 3.63) is 23.8 Å². The third kappa shape index (κ3) is 5.72. The molecule has 0 radical (unpaired) electrons. The van der Waals surface area contributed by atoms with Crippen LogP contribution in [-0.2, 0) is 20.6 Å². The van der Waals surface area contributed by atoms with Gasteiger partial charge in [0.25, 0.3) is 0 Å². The van der Waals surface area contributed by atoms with Crippen molar-refractivity contribution < 1.29 is 22.7 Å². The van der Waals surface area contributed by atoms with Crippen LogP contribution < -0.4 is 14.2 Å². The van der Waals surface area contributed by atoms with Crippen LogP contribution in [0.3, 0.4) is 0 Å². The molecule has 0 spiro atoms. The largest absolute Gasteiger partial charge is 0.493 e. The fourth-order valence-corrected chi connectivity index (χ4v) is 3.16. The van der Waals surface area contributed by atoms with Crippen molar-refractivity contribution in [1.29, 1.82) is 0 Å². The van der Waals surface area contributed by atoms with Gasteiger partial charge in [0.2, 0.25) is 15.9 Å². The predicted molar refractivity (Wildman–Crippen MR) is 88.1 cm³/mol. The fourth-order valence-electron chi connectivity index (χ4n) is 2.10. The zero-order chi connectivity index (χ0) is 17.5. The Morgan fingerprint density at radius 1 is 1.13 bits per heavy atom. The smallest absolute Gasteiger partial charge is 0.237 e. The molecule has 130 valence electrons. The van der Waals surface area contributed by atoms with E-state index in [0.29, 0.717) is 30.2 Å². The summed E-state index contributed by atoms with van der Waals surface area (Å²) >= 11 is 0. The minimum Gasteiger partial charge on any atom is -0.493 e. The second kappa shape index (κ2) is 8.73. The minimum atomic E-state index is -3.62. The van der Waals surface area contributed by atoms with Gasteiger partial charge in [-0.15, -0.1) is 0 Å². The molecule has 0 saturated carbocycles. The molecule has 0 aliphatic rings. The van der Waals surface area contributed by atoms with Crippen LogP contribution >= 0.6 is 0 Å². The molecule has 0 unspecified atom stereocenters. The number of rotatable bonds is 9. The van der Waals surface area contributed by atoms with Gasteiger partial charge in [-0.25, -0.2) is 13.1 Å². The Bertz CT molecular complexity index is 627. The van der Waals surface area contributed by atoms with Crippen molar-refractivity contribution in [2.45, 2.75) is 19.6 Å². The molecule has 1 aromatic rings. The number of hydrogen-bond donors (Lipinski definition) is 1. The summed E-state index contributed by atoms with van der Waals surface area (Å²) in [6.45, 7) is 4.55. The zero-order valence-electron chi connectivity index (χ0n) is 14.0. The molecule has 0 aliphatic carbocycles. The Hall–Kier alpha value is -1.80. The third-order valence-corrected chi connectivity index (χ3v) is 4.66. The number of carbonyl (C=O) groups excluding carboxylic acids is 1. The maximum atomic E-state index is 12.1. The second-order valence-corrected chi connectivity index (χ2v) is 6.64. The highest BCUT2D eigenvalue weighted by atomic mass is 32.2. The lowest BCUT2D eigenvalue weighted by Gasteiger charge is -2.18. The van der Waals surface area contributed by atoms with Crippen LogP contribution in [0.25, 0.3) is 0 Å². The topological polar surface area (TPSA) is 84.9 Å². The molecular weight excluding hydrogens is 320 g/mol. The summed E-state index contributed by atoms with van der Waals surface area (Å²) in [5.74, 6) is 0.502. The SMILES string of the molecule is CCN(CC)C(=O)CNS(=O)(=O)Cc1ccc(OC)c(OC)c1. The maximum absolute atomic E-state index is 12.1. The van der Waals surface area contributed by atoms with Gasteiger partial charge in [-0.1, -0.05) is 6.07 Å².